The molecule has 5 heteroatoms. The highest BCUT2D eigenvalue weighted by molar-refractivity contribution is 7.89. The molecule has 0 radical (unpaired) electrons. The summed E-state index contributed by atoms with van der Waals surface area (Å²) in [6.45, 7) is 4.28. The Hall–Kier alpha value is -1.07. The number of anilines is 1. The van der Waals surface area contributed by atoms with Crippen LogP contribution in [0.4, 0.5) is 5.69 Å². The summed E-state index contributed by atoms with van der Waals surface area (Å²) in [5.41, 5.74) is 7.22. The van der Waals surface area contributed by atoms with E-state index >= 15 is 0 Å². The topological polar surface area (TPSA) is 63.4 Å². The maximum absolute atomic E-state index is 12.8. The van der Waals surface area contributed by atoms with Crippen molar-refractivity contribution < 1.29 is 8.42 Å². The summed E-state index contributed by atoms with van der Waals surface area (Å²) in [6, 6.07) is 5.12. The molecular formula is C15H24N2O2S. The highest BCUT2D eigenvalue weighted by Crippen LogP contribution is 2.28. The Morgan fingerprint density at radius 1 is 1.25 bits per heavy atom. The van der Waals surface area contributed by atoms with Crippen LogP contribution in [0.25, 0.3) is 0 Å². The van der Waals surface area contributed by atoms with E-state index in [0.29, 0.717) is 17.1 Å². The molecule has 1 aromatic carbocycles. The highest BCUT2D eigenvalue weighted by Gasteiger charge is 2.31. The van der Waals surface area contributed by atoms with E-state index in [-0.39, 0.29) is 6.04 Å². The van der Waals surface area contributed by atoms with Gasteiger partial charge in [-0.25, -0.2) is 8.42 Å². The second-order valence-electron chi connectivity index (χ2n) is 5.52. The number of hydrogen-bond donors (Lipinski definition) is 1. The van der Waals surface area contributed by atoms with Gasteiger partial charge in [0.2, 0.25) is 10.0 Å². The summed E-state index contributed by atoms with van der Waals surface area (Å²) >= 11 is 0. The van der Waals surface area contributed by atoms with Gasteiger partial charge in [0.25, 0.3) is 0 Å². The van der Waals surface area contributed by atoms with E-state index < -0.39 is 10.0 Å². The number of hydrogen-bond acceptors (Lipinski definition) is 3. The van der Waals surface area contributed by atoms with Crippen LogP contribution >= 0.6 is 0 Å². The molecule has 1 saturated carbocycles. The van der Waals surface area contributed by atoms with Crippen LogP contribution in [-0.2, 0) is 10.0 Å². The van der Waals surface area contributed by atoms with Crippen molar-refractivity contribution in [2.24, 2.45) is 0 Å². The lowest BCUT2D eigenvalue weighted by atomic mass is 9.95. The molecule has 0 atom stereocenters. The van der Waals surface area contributed by atoms with Gasteiger partial charge in [0.05, 0.1) is 4.90 Å². The molecule has 0 saturated heterocycles. The molecular weight excluding hydrogens is 272 g/mol. The van der Waals surface area contributed by atoms with E-state index in [1.165, 1.54) is 6.42 Å². The molecule has 4 nitrogen and oxygen atoms in total. The fraction of sp³-hybridized carbons (Fsp3) is 0.600. The molecule has 0 amide bonds. The number of nitrogens with two attached hydrogens (primary N) is 1. The molecule has 0 aromatic heterocycles. The summed E-state index contributed by atoms with van der Waals surface area (Å²) in [5.74, 6) is 0. The fourth-order valence-corrected chi connectivity index (χ4v) is 4.72. The van der Waals surface area contributed by atoms with E-state index in [0.717, 1.165) is 31.2 Å². The Labute approximate surface area is 122 Å². The van der Waals surface area contributed by atoms with E-state index in [4.69, 9.17) is 5.73 Å². The van der Waals surface area contributed by atoms with Crippen LogP contribution in [-0.4, -0.2) is 25.3 Å². The van der Waals surface area contributed by atoms with Gasteiger partial charge in [0.15, 0.2) is 0 Å². The summed E-state index contributed by atoms with van der Waals surface area (Å²) in [6.07, 6.45) is 5.41. The van der Waals surface area contributed by atoms with Crippen molar-refractivity contribution in [3.63, 3.8) is 0 Å². The van der Waals surface area contributed by atoms with Crippen LogP contribution in [0.3, 0.4) is 0 Å². The number of rotatable bonds is 4. The van der Waals surface area contributed by atoms with Crippen LogP contribution < -0.4 is 5.73 Å². The zero-order valence-corrected chi connectivity index (χ0v) is 13.1. The molecule has 1 aromatic rings. The van der Waals surface area contributed by atoms with Gasteiger partial charge < -0.3 is 5.73 Å². The van der Waals surface area contributed by atoms with Gasteiger partial charge in [-0.3, -0.25) is 0 Å². The fourth-order valence-electron chi connectivity index (χ4n) is 2.94. The standard InChI is InChI=1S/C15H24N2O2S/c1-3-17(13-7-5-4-6-8-13)20(18,19)14-9-10-15(16)12(2)11-14/h9-11,13H,3-8,16H2,1-2H3. The Bertz CT molecular complexity index is 563. The Kier molecular flexibility index (Phi) is 4.70. The third-order valence-electron chi connectivity index (χ3n) is 4.14. The Balaban J connectivity index is 2.32. The third-order valence-corrected chi connectivity index (χ3v) is 6.16. The molecule has 20 heavy (non-hydrogen) atoms. The first kappa shape index (κ1) is 15.3. The minimum absolute atomic E-state index is 0.150. The largest absolute Gasteiger partial charge is 0.399 e. The van der Waals surface area contributed by atoms with Crippen molar-refractivity contribution >= 4 is 15.7 Å². The maximum Gasteiger partial charge on any atom is 0.243 e. The minimum Gasteiger partial charge on any atom is -0.399 e. The molecule has 1 aliphatic rings. The molecule has 2 rings (SSSR count). The van der Waals surface area contributed by atoms with Gasteiger partial charge in [-0.1, -0.05) is 26.2 Å². The quantitative estimate of drug-likeness (QED) is 0.869. The summed E-state index contributed by atoms with van der Waals surface area (Å²) in [7, 11) is -3.41. The second kappa shape index (κ2) is 6.14. The molecule has 0 heterocycles. The van der Waals surface area contributed by atoms with E-state index in [1.807, 2.05) is 13.8 Å². The van der Waals surface area contributed by atoms with Crippen LogP contribution in [0.15, 0.2) is 23.1 Å². The van der Waals surface area contributed by atoms with Gasteiger partial charge in [0.1, 0.15) is 0 Å². The number of benzene rings is 1. The van der Waals surface area contributed by atoms with Gasteiger partial charge in [-0.05, 0) is 43.5 Å². The smallest absolute Gasteiger partial charge is 0.243 e. The summed E-state index contributed by atoms with van der Waals surface area (Å²) in [5, 5.41) is 0. The maximum atomic E-state index is 12.8. The van der Waals surface area contributed by atoms with Crippen molar-refractivity contribution in [3.05, 3.63) is 23.8 Å². The van der Waals surface area contributed by atoms with E-state index in [1.54, 1.807) is 22.5 Å². The monoisotopic (exact) mass is 296 g/mol. The predicted molar refractivity (Wildman–Crippen MR) is 82.0 cm³/mol. The molecule has 1 aliphatic carbocycles. The molecule has 0 unspecified atom stereocenters. The lowest BCUT2D eigenvalue weighted by Gasteiger charge is -2.32. The van der Waals surface area contributed by atoms with Crippen molar-refractivity contribution in [1.29, 1.82) is 0 Å². The number of aryl methyl sites for hydroxylation is 1. The summed E-state index contributed by atoms with van der Waals surface area (Å²) in [4.78, 5) is 0.358. The van der Waals surface area contributed by atoms with Crippen LogP contribution in [0.2, 0.25) is 0 Å². The molecule has 112 valence electrons. The second-order valence-corrected chi connectivity index (χ2v) is 7.41. The van der Waals surface area contributed by atoms with Gasteiger partial charge in [-0.2, -0.15) is 4.31 Å². The number of nitrogen functional groups attached to an aromatic ring is 1. The van der Waals surface area contributed by atoms with Crippen molar-refractivity contribution in [1.82, 2.24) is 4.31 Å². The molecule has 0 bridgehead atoms. The molecule has 1 fully saturated rings. The van der Waals surface area contributed by atoms with Crippen molar-refractivity contribution in [3.8, 4) is 0 Å². The normalized spacial score (nSPS) is 17.6. The first-order chi connectivity index (χ1) is 9.46. The molecule has 0 spiro atoms. The van der Waals surface area contributed by atoms with Gasteiger partial charge in [-0.15, -0.1) is 0 Å². The molecule has 2 N–H and O–H groups in total. The minimum atomic E-state index is -3.41. The number of sulfonamides is 1. The van der Waals surface area contributed by atoms with Crippen LogP contribution in [0.5, 0.6) is 0 Å². The Morgan fingerprint density at radius 2 is 1.90 bits per heavy atom. The SMILES string of the molecule is CCN(C1CCCCC1)S(=O)(=O)c1ccc(N)c(C)c1. The third kappa shape index (κ3) is 2.99. The Morgan fingerprint density at radius 3 is 2.45 bits per heavy atom. The first-order valence-electron chi connectivity index (χ1n) is 7.34. The van der Waals surface area contributed by atoms with Gasteiger partial charge >= 0.3 is 0 Å². The van der Waals surface area contributed by atoms with Crippen molar-refractivity contribution in [2.75, 3.05) is 12.3 Å². The number of nitrogens with zero attached hydrogens (tertiary/aromatic N) is 1. The predicted octanol–water partition coefficient (Wildman–Crippen LogP) is 2.92. The lowest BCUT2D eigenvalue weighted by molar-refractivity contribution is 0.261. The van der Waals surface area contributed by atoms with Crippen molar-refractivity contribution in [2.45, 2.75) is 56.9 Å². The average molecular weight is 296 g/mol. The zero-order chi connectivity index (χ0) is 14.8. The van der Waals surface area contributed by atoms with Crippen LogP contribution in [0.1, 0.15) is 44.6 Å². The van der Waals surface area contributed by atoms with Gasteiger partial charge in [0, 0.05) is 18.3 Å². The molecule has 0 aliphatic heterocycles. The average Bonchev–Trinajstić information content (AvgIpc) is 2.43. The van der Waals surface area contributed by atoms with Crippen LogP contribution in [0, 0.1) is 6.92 Å². The first-order valence-corrected chi connectivity index (χ1v) is 8.78. The lowest BCUT2D eigenvalue weighted by Crippen LogP contribution is -2.41. The van der Waals surface area contributed by atoms with E-state index in [9.17, 15) is 8.42 Å². The summed E-state index contributed by atoms with van der Waals surface area (Å²) < 4.78 is 27.3. The zero-order valence-electron chi connectivity index (χ0n) is 12.3. The van der Waals surface area contributed by atoms with E-state index in [2.05, 4.69) is 0 Å². The highest BCUT2D eigenvalue weighted by atomic mass is 32.2.